The van der Waals surface area contributed by atoms with Gasteiger partial charge in [-0.05, 0) is 32.0 Å². The highest BCUT2D eigenvalue weighted by Crippen LogP contribution is 2.15. The monoisotopic (exact) mass is 320 g/mol. The Morgan fingerprint density at radius 3 is 2.43 bits per heavy atom. The number of carbonyl (C=O) groups is 2. The summed E-state index contributed by atoms with van der Waals surface area (Å²) < 4.78 is 44.5. The largest absolute Gasteiger partial charge is 0.478 e. The number of carboxylic acid groups (broad SMARTS) is 1. The van der Waals surface area contributed by atoms with E-state index in [1.807, 2.05) is 4.72 Å². The lowest BCUT2D eigenvalue weighted by Crippen LogP contribution is -2.36. The van der Waals surface area contributed by atoms with Crippen LogP contribution in [0.2, 0.25) is 0 Å². The van der Waals surface area contributed by atoms with Crippen LogP contribution in [0, 0.1) is 5.82 Å². The van der Waals surface area contributed by atoms with Crippen molar-refractivity contribution in [1.82, 2.24) is 4.72 Å². The summed E-state index contributed by atoms with van der Waals surface area (Å²) in [4.78, 5) is 21.8. The van der Waals surface area contributed by atoms with E-state index in [1.165, 1.54) is 13.8 Å². The van der Waals surface area contributed by atoms with Crippen molar-refractivity contribution in [3.8, 4) is 0 Å². The molecule has 21 heavy (non-hydrogen) atoms. The highest BCUT2D eigenvalue weighted by molar-refractivity contribution is 7.91. The second-order valence-electron chi connectivity index (χ2n) is 4.16. The number of aromatic carboxylic acids is 1. The quantitative estimate of drug-likeness (QED) is 0.752. The first-order chi connectivity index (χ1) is 9.60. The smallest absolute Gasteiger partial charge is 0.422 e. The van der Waals surface area contributed by atoms with Crippen LogP contribution in [-0.2, 0) is 14.9 Å². The summed E-state index contributed by atoms with van der Waals surface area (Å²) >= 11 is 0. The lowest BCUT2D eigenvalue weighted by molar-refractivity contribution is 0.0691. The molecule has 0 aliphatic heterocycles. The van der Waals surface area contributed by atoms with Gasteiger partial charge in [-0.25, -0.2) is 18.7 Å². The Hall–Kier alpha value is -2.36. The molecule has 1 rings (SSSR count). The maximum atomic E-state index is 13.4. The maximum absolute atomic E-state index is 13.4. The Labute approximate surface area is 120 Å². The molecule has 0 spiro atoms. The lowest BCUT2D eigenvalue weighted by Gasteiger charge is -2.11. The summed E-state index contributed by atoms with van der Waals surface area (Å²) in [7, 11) is -4.32. The van der Waals surface area contributed by atoms with Crippen LogP contribution in [0.25, 0.3) is 0 Å². The number of benzene rings is 1. The molecule has 116 valence electrons. The molecule has 10 heteroatoms. The van der Waals surface area contributed by atoms with Crippen LogP contribution in [0.5, 0.6) is 0 Å². The second-order valence-corrected chi connectivity index (χ2v) is 5.58. The van der Waals surface area contributed by atoms with E-state index in [0.717, 1.165) is 12.1 Å². The normalized spacial score (nSPS) is 11.0. The van der Waals surface area contributed by atoms with Gasteiger partial charge in [0.1, 0.15) is 5.82 Å². The molecule has 8 nitrogen and oxygen atoms in total. The van der Waals surface area contributed by atoms with Gasteiger partial charge in [-0.1, -0.05) is 0 Å². The van der Waals surface area contributed by atoms with E-state index in [9.17, 15) is 22.4 Å². The van der Waals surface area contributed by atoms with Crippen LogP contribution in [0.4, 0.5) is 14.9 Å². The standard InChI is InChI=1S/C11H13FN2O6S/c1-6(2)20-11(17)14-21(18,19)13-7-3-4-8(10(15)16)9(12)5-7/h3-6,13H,1-2H3,(H,14,17)(H,15,16). The molecule has 3 N–H and O–H groups in total. The van der Waals surface area contributed by atoms with Crippen molar-refractivity contribution in [1.29, 1.82) is 0 Å². The zero-order chi connectivity index (χ0) is 16.2. The van der Waals surface area contributed by atoms with Crippen molar-refractivity contribution in [3.05, 3.63) is 29.6 Å². The Morgan fingerprint density at radius 1 is 1.33 bits per heavy atom. The maximum Gasteiger partial charge on any atom is 0.422 e. The number of hydrogen-bond donors (Lipinski definition) is 3. The van der Waals surface area contributed by atoms with Crippen molar-refractivity contribution in [2.24, 2.45) is 0 Å². The predicted molar refractivity (Wildman–Crippen MR) is 70.7 cm³/mol. The average molecular weight is 320 g/mol. The van der Waals surface area contributed by atoms with E-state index < -0.39 is 39.8 Å². The number of halogens is 1. The molecular weight excluding hydrogens is 307 g/mol. The van der Waals surface area contributed by atoms with Gasteiger partial charge in [0.25, 0.3) is 0 Å². The summed E-state index contributed by atoms with van der Waals surface area (Å²) in [5, 5.41) is 8.64. The average Bonchev–Trinajstić information content (AvgIpc) is 2.24. The molecule has 0 bridgehead atoms. The zero-order valence-electron chi connectivity index (χ0n) is 11.1. The first-order valence-corrected chi connectivity index (χ1v) is 7.13. The number of rotatable bonds is 5. The highest BCUT2D eigenvalue weighted by atomic mass is 32.2. The first-order valence-electron chi connectivity index (χ1n) is 5.64. The molecule has 1 amide bonds. The number of nitrogens with one attached hydrogen (secondary N) is 2. The molecule has 0 saturated heterocycles. The summed E-state index contributed by atoms with van der Waals surface area (Å²) in [6, 6.07) is 2.61. The fourth-order valence-electron chi connectivity index (χ4n) is 1.28. The Kier molecular flexibility index (Phi) is 5.08. The summed E-state index contributed by atoms with van der Waals surface area (Å²) in [6.07, 6.45) is -1.72. The van der Waals surface area contributed by atoms with Crippen molar-refractivity contribution in [3.63, 3.8) is 0 Å². The van der Waals surface area contributed by atoms with Gasteiger partial charge >= 0.3 is 22.3 Å². The Balaban J connectivity index is 2.83. The molecule has 1 aromatic rings. The fourth-order valence-corrected chi connectivity index (χ4v) is 2.04. The van der Waals surface area contributed by atoms with Crippen LogP contribution < -0.4 is 9.44 Å². The van der Waals surface area contributed by atoms with Crippen molar-refractivity contribution < 1.29 is 32.2 Å². The number of ether oxygens (including phenoxy) is 1. The van der Waals surface area contributed by atoms with Crippen molar-refractivity contribution in [2.75, 3.05) is 4.72 Å². The molecule has 0 unspecified atom stereocenters. The van der Waals surface area contributed by atoms with Gasteiger partial charge in [-0.2, -0.15) is 8.42 Å². The van der Waals surface area contributed by atoms with Crippen molar-refractivity contribution >= 4 is 28.0 Å². The summed E-state index contributed by atoms with van der Waals surface area (Å²) in [5.41, 5.74) is -0.854. The number of hydrogen-bond acceptors (Lipinski definition) is 5. The van der Waals surface area contributed by atoms with E-state index in [1.54, 1.807) is 4.72 Å². The van der Waals surface area contributed by atoms with Gasteiger partial charge in [0.05, 0.1) is 17.4 Å². The van der Waals surface area contributed by atoms with E-state index in [-0.39, 0.29) is 5.69 Å². The van der Waals surface area contributed by atoms with Crippen LogP contribution >= 0.6 is 0 Å². The van der Waals surface area contributed by atoms with Crippen LogP contribution in [-0.4, -0.2) is 31.7 Å². The summed E-state index contributed by atoms with van der Waals surface area (Å²) in [5.74, 6) is -2.60. The van der Waals surface area contributed by atoms with Crippen LogP contribution in [0.3, 0.4) is 0 Å². The van der Waals surface area contributed by atoms with E-state index in [0.29, 0.717) is 6.07 Å². The molecule has 0 aromatic heterocycles. The third kappa shape index (κ3) is 5.26. The van der Waals surface area contributed by atoms with Gasteiger partial charge in [-0.3, -0.25) is 4.72 Å². The van der Waals surface area contributed by atoms with E-state index in [4.69, 9.17) is 5.11 Å². The minimum atomic E-state index is -4.32. The third-order valence-corrected chi connectivity index (χ3v) is 2.95. The van der Waals surface area contributed by atoms with Crippen LogP contribution in [0.15, 0.2) is 18.2 Å². The minimum Gasteiger partial charge on any atom is -0.478 e. The number of carboxylic acids is 1. The molecule has 1 aromatic carbocycles. The molecular formula is C11H13FN2O6S. The first kappa shape index (κ1) is 16.7. The predicted octanol–water partition coefficient (Wildman–Crippen LogP) is 1.32. The fraction of sp³-hybridized carbons (Fsp3) is 0.273. The van der Waals surface area contributed by atoms with Gasteiger partial charge in [0, 0.05) is 0 Å². The van der Waals surface area contributed by atoms with Crippen LogP contribution in [0.1, 0.15) is 24.2 Å². The van der Waals surface area contributed by atoms with E-state index in [2.05, 4.69) is 4.74 Å². The number of amides is 1. The van der Waals surface area contributed by atoms with Crippen molar-refractivity contribution in [2.45, 2.75) is 20.0 Å². The minimum absolute atomic E-state index is 0.248. The zero-order valence-corrected chi connectivity index (χ0v) is 11.9. The van der Waals surface area contributed by atoms with Gasteiger partial charge < -0.3 is 9.84 Å². The topological polar surface area (TPSA) is 122 Å². The molecule has 0 heterocycles. The number of carbonyl (C=O) groups excluding carboxylic acids is 1. The lowest BCUT2D eigenvalue weighted by atomic mass is 10.2. The van der Waals surface area contributed by atoms with Gasteiger partial charge in [-0.15, -0.1) is 0 Å². The molecule has 0 atom stereocenters. The van der Waals surface area contributed by atoms with E-state index >= 15 is 0 Å². The Bertz CT molecular complexity index is 659. The highest BCUT2D eigenvalue weighted by Gasteiger charge is 2.18. The molecule has 0 fully saturated rings. The van der Waals surface area contributed by atoms with Gasteiger partial charge in [0.2, 0.25) is 0 Å². The summed E-state index contributed by atoms with van der Waals surface area (Å²) in [6.45, 7) is 3.05. The molecule has 0 saturated carbocycles. The second kappa shape index (κ2) is 6.39. The van der Waals surface area contributed by atoms with Gasteiger partial charge in [0.15, 0.2) is 0 Å². The molecule has 0 aliphatic carbocycles. The molecule has 0 radical (unpaired) electrons. The number of anilines is 1. The third-order valence-electron chi connectivity index (χ3n) is 2.01. The SMILES string of the molecule is CC(C)OC(=O)NS(=O)(=O)Nc1ccc(C(=O)O)c(F)c1. The Morgan fingerprint density at radius 2 is 1.95 bits per heavy atom. The molecule has 0 aliphatic rings.